The third-order valence-electron chi connectivity index (χ3n) is 7.95. The van der Waals surface area contributed by atoms with Crippen LogP contribution in [0.1, 0.15) is 59.3 Å². The summed E-state index contributed by atoms with van der Waals surface area (Å²) in [5, 5.41) is 25.1. The van der Waals surface area contributed by atoms with Crippen LogP contribution in [-0.2, 0) is 23.3 Å². The van der Waals surface area contributed by atoms with Gasteiger partial charge in [-0.15, -0.1) is 0 Å². The summed E-state index contributed by atoms with van der Waals surface area (Å²) in [6.45, 7) is -0.0370. The summed E-state index contributed by atoms with van der Waals surface area (Å²) in [5.74, 6) is -2.96. The molecule has 1 amide bonds. The summed E-state index contributed by atoms with van der Waals surface area (Å²) in [4.78, 5) is 23.3. The zero-order valence-corrected chi connectivity index (χ0v) is 23.5. The molecule has 8 heteroatoms. The fourth-order valence-corrected chi connectivity index (χ4v) is 5.86. The number of amides is 1. The van der Waals surface area contributed by atoms with Gasteiger partial charge in [0.1, 0.15) is 18.1 Å². The highest BCUT2D eigenvalue weighted by Gasteiger charge is 2.50. The van der Waals surface area contributed by atoms with Crippen molar-refractivity contribution in [2.24, 2.45) is 0 Å². The molecule has 1 aromatic heterocycles. The Morgan fingerprint density at radius 3 is 2.20 bits per heavy atom. The number of benzene rings is 3. The predicted molar refractivity (Wildman–Crippen MR) is 157 cm³/mol. The van der Waals surface area contributed by atoms with E-state index in [0.717, 1.165) is 42.4 Å². The molecule has 5 rings (SSSR count). The highest BCUT2D eigenvalue weighted by molar-refractivity contribution is 6.30. The van der Waals surface area contributed by atoms with E-state index in [0.29, 0.717) is 5.02 Å². The molecule has 1 heterocycles. The number of aromatic nitrogens is 2. The Balaban J connectivity index is 1.55. The van der Waals surface area contributed by atoms with Crippen LogP contribution in [0.4, 0.5) is 0 Å². The molecule has 0 spiro atoms. The third-order valence-corrected chi connectivity index (χ3v) is 8.20. The number of hydrogen-bond donors (Lipinski definition) is 2. The second-order valence-electron chi connectivity index (χ2n) is 10.6. The van der Waals surface area contributed by atoms with Crippen LogP contribution >= 0.6 is 11.6 Å². The summed E-state index contributed by atoms with van der Waals surface area (Å²) in [6, 6.07) is 27.8. The van der Waals surface area contributed by atoms with E-state index in [4.69, 9.17) is 16.3 Å². The van der Waals surface area contributed by atoms with Gasteiger partial charge in [-0.05, 0) is 59.6 Å². The normalized spacial score (nSPS) is 16.6. The van der Waals surface area contributed by atoms with Gasteiger partial charge in [0, 0.05) is 11.2 Å². The number of aliphatic hydroxyl groups excluding tert-OH is 1. The monoisotopic (exact) mass is 571 g/mol. The van der Waals surface area contributed by atoms with Gasteiger partial charge in [0.15, 0.2) is 0 Å². The zero-order chi connectivity index (χ0) is 28.7. The molecule has 2 unspecified atom stereocenters. The molecule has 41 heavy (non-hydrogen) atoms. The molecule has 1 aliphatic rings. The van der Waals surface area contributed by atoms with Gasteiger partial charge in [-0.3, -0.25) is 9.69 Å². The zero-order valence-electron chi connectivity index (χ0n) is 22.8. The summed E-state index contributed by atoms with van der Waals surface area (Å²) < 4.78 is 6.21. The molecule has 3 aromatic carbocycles. The first-order chi connectivity index (χ1) is 19.9. The van der Waals surface area contributed by atoms with Crippen molar-refractivity contribution in [2.75, 3.05) is 0 Å². The molecule has 1 saturated carbocycles. The summed E-state index contributed by atoms with van der Waals surface area (Å²) >= 11 is 6.19. The largest absolute Gasteiger partial charge is 0.385 e. The minimum atomic E-state index is -2.38. The lowest BCUT2D eigenvalue weighted by Crippen LogP contribution is -2.61. The predicted octanol–water partition coefficient (Wildman–Crippen LogP) is 5.90. The van der Waals surface area contributed by atoms with Crippen molar-refractivity contribution >= 4 is 17.5 Å². The molecule has 4 aromatic rings. The minimum Gasteiger partial charge on any atom is -0.385 e. The second-order valence-corrected chi connectivity index (χ2v) is 11.1. The molecular weight excluding hydrogens is 538 g/mol. The van der Waals surface area contributed by atoms with Crippen molar-refractivity contribution < 1.29 is 19.7 Å². The Morgan fingerprint density at radius 2 is 1.59 bits per heavy atom. The number of halogens is 1. The van der Waals surface area contributed by atoms with Crippen molar-refractivity contribution in [3.8, 4) is 0 Å². The summed E-state index contributed by atoms with van der Waals surface area (Å²) in [5.41, 5.74) is 2.27. The van der Waals surface area contributed by atoms with Crippen LogP contribution in [0, 0.1) is 0 Å². The lowest BCUT2D eigenvalue weighted by Gasteiger charge is -2.44. The Hall–Kier alpha value is -3.62. The smallest absolute Gasteiger partial charge is 0.279 e. The number of ether oxygens (including phenoxy) is 1. The van der Waals surface area contributed by atoms with E-state index in [9.17, 15) is 15.0 Å². The maximum absolute atomic E-state index is 14.0. The second kappa shape index (κ2) is 12.9. The van der Waals surface area contributed by atoms with Gasteiger partial charge in [-0.1, -0.05) is 97.2 Å². The highest BCUT2D eigenvalue weighted by Crippen LogP contribution is 2.46. The topological polar surface area (TPSA) is 95.8 Å². The van der Waals surface area contributed by atoms with Gasteiger partial charge in [-0.2, -0.15) is 0 Å². The number of carbonyl (C=O) groups excluding carboxylic acids is 1. The van der Waals surface area contributed by atoms with Crippen LogP contribution in [0.3, 0.4) is 0 Å². The minimum absolute atomic E-state index is 0.0139. The first kappa shape index (κ1) is 28.9. The van der Waals surface area contributed by atoms with Gasteiger partial charge in [0.25, 0.3) is 11.8 Å². The molecule has 212 valence electrons. The fraction of sp³-hybridized carbons (Fsp3) is 0.303. The van der Waals surface area contributed by atoms with E-state index in [1.54, 1.807) is 0 Å². The molecule has 1 aliphatic carbocycles. The van der Waals surface area contributed by atoms with Crippen molar-refractivity contribution in [3.05, 3.63) is 131 Å². The van der Waals surface area contributed by atoms with E-state index < -0.39 is 23.3 Å². The van der Waals surface area contributed by atoms with Gasteiger partial charge in [0.2, 0.25) is 0 Å². The molecule has 0 aliphatic heterocycles. The fourth-order valence-electron chi connectivity index (χ4n) is 5.74. The summed E-state index contributed by atoms with van der Waals surface area (Å²) in [6.07, 6.45) is 5.13. The Morgan fingerprint density at radius 1 is 0.951 bits per heavy atom. The van der Waals surface area contributed by atoms with E-state index in [2.05, 4.69) is 9.97 Å². The summed E-state index contributed by atoms with van der Waals surface area (Å²) in [7, 11) is 0. The molecule has 7 nitrogen and oxygen atoms in total. The molecule has 2 N–H and O–H groups in total. The number of nitrogens with zero attached hydrogens (tertiary/aromatic N) is 3. The average molecular weight is 572 g/mol. The van der Waals surface area contributed by atoms with Gasteiger partial charge < -0.3 is 14.9 Å². The Labute approximate surface area is 245 Å². The van der Waals surface area contributed by atoms with Crippen molar-refractivity contribution in [1.29, 1.82) is 0 Å². The Kier molecular flexibility index (Phi) is 9.10. The molecule has 0 saturated heterocycles. The SMILES string of the molecule is O=C(c1ccncn1)N(Cc1ccccc1)C(O)(OCc1ccccc1)C(O)CC1(c2ccc(Cl)cc2)CCCC1. The standard InChI is InChI=1S/C33H34ClN3O4/c34-28-15-13-27(14-16-28)32(18-7-8-19-32)21-30(38)33(40,41-23-26-11-5-2-6-12-26)37(22-25-9-3-1-4-10-25)31(39)29-17-20-35-24-36-29/h1-6,9-17,20,24,30,38,40H,7-8,18-19,21-23H2. The number of carbonyl (C=O) groups is 1. The number of hydrogen-bond acceptors (Lipinski definition) is 6. The van der Waals surface area contributed by atoms with Crippen LogP contribution in [0.25, 0.3) is 0 Å². The lowest BCUT2D eigenvalue weighted by atomic mass is 9.74. The van der Waals surface area contributed by atoms with Gasteiger partial charge in [0.05, 0.1) is 13.2 Å². The maximum atomic E-state index is 14.0. The maximum Gasteiger partial charge on any atom is 0.279 e. The van der Waals surface area contributed by atoms with Crippen LogP contribution in [0.5, 0.6) is 0 Å². The van der Waals surface area contributed by atoms with E-state index in [-0.39, 0.29) is 25.3 Å². The first-order valence-corrected chi connectivity index (χ1v) is 14.2. The van der Waals surface area contributed by atoms with Crippen LogP contribution in [0.15, 0.2) is 104 Å². The molecule has 1 fully saturated rings. The molecule has 2 atom stereocenters. The van der Waals surface area contributed by atoms with E-state index in [1.165, 1.54) is 23.5 Å². The molecular formula is C33H34ClN3O4. The van der Waals surface area contributed by atoms with E-state index in [1.807, 2.05) is 84.9 Å². The van der Waals surface area contributed by atoms with Crippen LogP contribution in [-0.4, -0.2) is 43.0 Å². The van der Waals surface area contributed by atoms with Crippen LogP contribution in [0.2, 0.25) is 5.02 Å². The number of aliphatic hydroxyl groups is 2. The van der Waals surface area contributed by atoms with Gasteiger partial charge in [-0.25, -0.2) is 9.97 Å². The number of rotatable bonds is 11. The van der Waals surface area contributed by atoms with Crippen LogP contribution < -0.4 is 0 Å². The van der Waals surface area contributed by atoms with Crippen molar-refractivity contribution in [3.63, 3.8) is 0 Å². The van der Waals surface area contributed by atoms with E-state index >= 15 is 0 Å². The van der Waals surface area contributed by atoms with Crippen molar-refractivity contribution in [1.82, 2.24) is 14.9 Å². The highest BCUT2D eigenvalue weighted by atomic mass is 35.5. The average Bonchev–Trinajstić information content (AvgIpc) is 3.49. The first-order valence-electron chi connectivity index (χ1n) is 13.9. The van der Waals surface area contributed by atoms with Gasteiger partial charge >= 0.3 is 0 Å². The van der Waals surface area contributed by atoms with Crippen molar-refractivity contribution in [2.45, 2.75) is 62.7 Å². The third kappa shape index (κ3) is 6.66. The molecule has 0 bridgehead atoms. The molecule has 0 radical (unpaired) electrons. The quantitative estimate of drug-likeness (QED) is 0.218. The lowest BCUT2D eigenvalue weighted by molar-refractivity contribution is -0.331. The Bertz CT molecular complexity index is 1400.